The van der Waals surface area contributed by atoms with Crippen molar-refractivity contribution in [1.29, 1.82) is 0 Å². The number of aryl methyl sites for hydroxylation is 1. The lowest BCUT2D eigenvalue weighted by molar-refractivity contribution is -0.126. The third-order valence-electron chi connectivity index (χ3n) is 3.15. The van der Waals surface area contributed by atoms with Gasteiger partial charge in [-0.3, -0.25) is 9.59 Å². The number of para-hydroxylation sites is 1. The van der Waals surface area contributed by atoms with Gasteiger partial charge in [0.05, 0.1) is 6.42 Å². The van der Waals surface area contributed by atoms with Crippen molar-refractivity contribution in [3.63, 3.8) is 0 Å². The Morgan fingerprint density at radius 2 is 1.89 bits per heavy atom. The molecule has 0 bridgehead atoms. The molecule has 3 heteroatoms. The third kappa shape index (κ3) is 3.91. The molecule has 0 saturated carbocycles. The van der Waals surface area contributed by atoms with Crippen LogP contribution in [0, 0.1) is 0 Å². The predicted molar refractivity (Wildman–Crippen MR) is 78.4 cm³/mol. The Labute approximate surface area is 115 Å². The summed E-state index contributed by atoms with van der Waals surface area (Å²) in [5, 5.41) is 0. The van der Waals surface area contributed by atoms with Gasteiger partial charge < -0.3 is 4.90 Å². The first kappa shape index (κ1) is 15.4. The minimum atomic E-state index is -0.0657. The number of amides is 1. The highest BCUT2D eigenvalue weighted by Gasteiger charge is 2.22. The Balaban J connectivity index is 0.000000861. The molecule has 0 saturated heterocycles. The van der Waals surface area contributed by atoms with Gasteiger partial charge in [-0.05, 0) is 24.5 Å². The molecule has 0 aromatic heterocycles. The summed E-state index contributed by atoms with van der Waals surface area (Å²) in [5.41, 5.74) is 2.18. The average Bonchev–Trinajstić information content (AvgIpc) is 2.48. The zero-order chi connectivity index (χ0) is 14.3. The molecular weight excluding hydrogens is 238 g/mol. The number of Topliss-reactive ketones (excluding diaryl/α,β-unsaturated/α-hetero) is 1. The average molecular weight is 261 g/mol. The van der Waals surface area contributed by atoms with Crippen LogP contribution in [-0.4, -0.2) is 18.2 Å². The minimum Gasteiger partial charge on any atom is -0.312 e. The Morgan fingerprint density at radius 1 is 1.21 bits per heavy atom. The van der Waals surface area contributed by atoms with E-state index in [4.69, 9.17) is 0 Å². The van der Waals surface area contributed by atoms with Gasteiger partial charge in [0.1, 0.15) is 5.78 Å². The highest BCUT2D eigenvalue weighted by atomic mass is 16.2. The number of carbonyl (C=O) groups excluding carboxylic acids is 2. The molecule has 1 aliphatic heterocycles. The van der Waals surface area contributed by atoms with E-state index >= 15 is 0 Å². The molecule has 104 valence electrons. The van der Waals surface area contributed by atoms with Crippen LogP contribution in [0.3, 0.4) is 0 Å². The largest absolute Gasteiger partial charge is 0.312 e. The van der Waals surface area contributed by atoms with Crippen LogP contribution in [-0.2, 0) is 16.0 Å². The summed E-state index contributed by atoms with van der Waals surface area (Å²) >= 11 is 0. The van der Waals surface area contributed by atoms with Crippen molar-refractivity contribution in [2.24, 2.45) is 0 Å². The number of hydrogen-bond acceptors (Lipinski definition) is 2. The van der Waals surface area contributed by atoms with E-state index in [2.05, 4.69) is 6.07 Å². The molecule has 1 heterocycles. The van der Waals surface area contributed by atoms with Gasteiger partial charge in [-0.25, -0.2) is 0 Å². The molecule has 0 fully saturated rings. The maximum Gasteiger partial charge on any atom is 0.234 e. The second-order valence-electron chi connectivity index (χ2n) is 4.35. The predicted octanol–water partition coefficient (Wildman–Crippen LogP) is 3.36. The zero-order valence-corrected chi connectivity index (χ0v) is 12.1. The van der Waals surface area contributed by atoms with Gasteiger partial charge in [-0.2, -0.15) is 0 Å². The summed E-state index contributed by atoms with van der Waals surface area (Å²) in [4.78, 5) is 25.1. The van der Waals surface area contributed by atoms with Crippen molar-refractivity contribution in [2.45, 2.75) is 46.5 Å². The van der Waals surface area contributed by atoms with Gasteiger partial charge in [0, 0.05) is 18.7 Å². The molecule has 1 aromatic rings. The van der Waals surface area contributed by atoms with E-state index in [0.29, 0.717) is 6.42 Å². The minimum absolute atomic E-state index is 0.0121. The maximum atomic E-state index is 12.0. The van der Waals surface area contributed by atoms with Gasteiger partial charge in [0.2, 0.25) is 5.91 Å². The summed E-state index contributed by atoms with van der Waals surface area (Å²) in [6.45, 7) is 6.52. The van der Waals surface area contributed by atoms with Crippen molar-refractivity contribution in [3.8, 4) is 0 Å². The number of ketones is 1. The monoisotopic (exact) mass is 261 g/mol. The smallest absolute Gasteiger partial charge is 0.234 e. The number of rotatable bonds is 3. The SMILES string of the molecule is CC.CCC(=O)CC(=O)N1CCCc2ccccc21. The van der Waals surface area contributed by atoms with Crippen LogP contribution >= 0.6 is 0 Å². The van der Waals surface area contributed by atoms with Gasteiger partial charge >= 0.3 is 0 Å². The molecule has 0 atom stereocenters. The Morgan fingerprint density at radius 3 is 2.58 bits per heavy atom. The van der Waals surface area contributed by atoms with Crippen LogP contribution in [0.2, 0.25) is 0 Å². The standard InChI is InChI=1S/C14H17NO2.C2H6/c1-2-12(16)10-14(17)15-9-5-7-11-6-3-4-8-13(11)15;1-2/h3-4,6,8H,2,5,7,9-10H2,1H3;1-2H3. The van der Waals surface area contributed by atoms with Crippen LogP contribution in [0.15, 0.2) is 24.3 Å². The quantitative estimate of drug-likeness (QED) is 0.782. The molecule has 0 unspecified atom stereocenters. The second-order valence-corrected chi connectivity index (χ2v) is 4.35. The first-order valence-electron chi connectivity index (χ1n) is 7.12. The summed E-state index contributed by atoms with van der Waals surface area (Å²) in [5.74, 6) is -0.0537. The number of anilines is 1. The molecule has 0 radical (unpaired) electrons. The van der Waals surface area contributed by atoms with E-state index in [1.54, 1.807) is 11.8 Å². The molecule has 19 heavy (non-hydrogen) atoms. The van der Waals surface area contributed by atoms with E-state index < -0.39 is 0 Å². The van der Waals surface area contributed by atoms with E-state index in [1.165, 1.54) is 5.56 Å². The van der Waals surface area contributed by atoms with Crippen LogP contribution in [0.4, 0.5) is 5.69 Å². The summed E-state index contributed by atoms with van der Waals surface area (Å²) in [6, 6.07) is 7.94. The number of carbonyl (C=O) groups is 2. The lowest BCUT2D eigenvalue weighted by atomic mass is 10.0. The molecular formula is C16H23NO2. The second kappa shape index (κ2) is 7.72. The summed E-state index contributed by atoms with van der Waals surface area (Å²) in [6.07, 6.45) is 2.46. The topological polar surface area (TPSA) is 37.4 Å². The fourth-order valence-electron chi connectivity index (χ4n) is 2.18. The molecule has 1 aromatic carbocycles. The van der Waals surface area contributed by atoms with Gasteiger partial charge in [0.25, 0.3) is 0 Å². The lowest BCUT2D eigenvalue weighted by Gasteiger charge is -2.29. The van der Waals surface area contributed by atoms with E-state index in [1.807, 2.05) is 32.0 Å². The summed E-state index contributed by atoms with van der Waals surface area (Å²) in [7, 11) is 0. The van der Waals surface area contributed by atoms with Gasteiger partial charge in [-0.15, -0.1) is 0 Å². The van der Waals surface area contributed by atoms with Crippen LogP contribution < -0.4 is 4.90 Å². The molecule has 0 aliphatic carbocycles. The maximum absolute atomic E-state index is 12.0. The fourth-order valence-corrected chi connectivity index (χ4v) is 2.18. The van der Waals surface area contributed by atoms with E-state index in [0.717, 1.165) is 25.1 Å². The number of benzene rings is 1. The molecule has 3 nitrogen and oxygen atoms in total. The fraction of sp³-hybridized carbons (Fsp3) is 0.500. The first-order valence-corrected chi connectivity index (χ1v) is 7.12. The lowest BCUT2D eigenvalue weighted by Crippen LogP contribution is -2.36. The van der Waals surface area contributed by atoms with Crippen molar-refractivity contribution >= 4 is 17.4 Å². The van der Waals surface area contributed by atoms with Crippen LogP contribution in [0.1, 0.15) is 45.6 Å². The normalized spacial score (nSPS) is 13.1. The van der Waals surface area contributed by atoms with Gasteiger partial charge in [-0.1, -0.05) is 39.0 Å². The van der Waals surface area contributed by atoms with Crippen LogP contribution in [0.5, 0.6) is 0 Å². The Hall–Kier alpha value is -1.64. The summed E-state index contributed by atoms with van der Waals surface area (Å²) < 4.78 is 0. The van der Waals surface area contributed by atoms with Crippen LogP contribution in [0.25, 0.3) is 0 Å². The molecule has 0 N–H and O–H groups in total. The highest BCUT2D eigenvalue weighted by molar-refractivity contribution is 6.06. The number of hydrogen-bond donors (Lipinski definition) is 0. The number of fused-ring (bicyclic) bond motifs is 1. The zero-order valence-electron chi connectivity index (χ0n) is 12.1. The number of nitrogens with zero attached hydrogens (tertiary/aromatic N) is 1. The highest BCUT2D eigenvalue weighted by Crippen LogP contribution is 2.27. The molecule has 1 amide bonds. The molecule has 0 spiro atoms. The molecule has 1 aliphatic rings. The van der Waals surface area contributed by atoms with Crippen molar-refractivity contribution < 1.29 is 9.59 Å². The van der Waals surface area contributed by atoms with Crippen molar-refractivity contribution in [3.05, 3.63) is 29.8 Å². The van der Waals surface area contributed by atoms with Crippen molar-refractivity contribution in [2.75, 3.05) is 11.4 Å². The third-order valence-corrected chi connectivity index (χ3v) is 3.15. The van der Waals surface area contributed by atoms with E-state index in [-0.39, 0.29) is 18.1 Å². The molecule has 2 rings (SSSR count). The Bertz CT molecular complexity index is 440. The Kier molecular flexibility index (Phi) is 6.26. The van der Waals surface area contributed by atoms with Gasteiger partial charge in [0.15, 0.2) is 0 Å². The van der Waals surface area contributed by atoms with E-state index in [9.17, 15) is 9.59 Å². The van der Waals surface area contributed by atoms with Crippen molar-refractivity contribution in [1.82, 2.24) is 0 Å². The first-order chi connectivity index (χ1) is 9.22.